The van der Waals surface area contributed by atoms with Gasteiger partial charge in [0.25, 0.3) is 0 Å². The minimum absolute atomic E-state index is 0.0215. The van der Waals surface area contributed by atoms with Crippen LogP contribution < -0.4 is 5.32 Å². The molecule has 19 heavy (non-hydrogen) atoms. The molecule has 1 aromatic rings. The highest BCUT2D eigenvalue weighted by Gasteiger charge is 2.28. The molecule has 0 saturated carbocycles. The second-order valence-corrected chi connectivity index (χ2v) is 9.16. The Balaban J connectivity index is 2.72. The summed E-state index contributed by atoms with van der Waals surface area (Å²) < 4.78 is 36.9. The molecule has 108 valence electrons. The molecule has 0 saturated heterocycles. The van der Waals surface area contributed by atoms with Crippen LogP contribution >= 0.6 is 15.9 Å². The smallest absolute Gasteiger partial charge is 0.156 e. The molecule has 0 fully saturated rings. The fraction of sp³-hybridized carbons (Fsp3) is 0.538. The topological polar surface area (TPSA) is 46.2 Å². The summed E-state index contributed by atoms with van der Waals surface area (Å²) in [5, 5.41) is 2.97. The highest BCUT2D eigenvalue weighted by molar-refractivity contribution is 9.10. The highest BCUT2D eigenvalue weighted by Crippen LogP contribution is 2.24. The molecule has 0 atom stereocenters. The molecule has 3 nitrogen and oxygen atoms in total. The van der Waals surface area contributed by atoms with E-state index in [0.717, 1.165) is 5.56 Å². The molecule has 0 heterocycles. The summed E-state index contributed by atoms with van der Waals surface area (Å²) >= 11 is 3.11. The number of anilines is 1. The van der Waals surface area contributed by atoms with Crippen LogP contribution in [0.25, 0.3) is 0 Å². The first-order valence-corrected chi connectivity index (χ1v) is 8.41. The van der Waals surface area contributed by atoms with Gasteiger partial charge in [0, 0.05) is 12.2 Å². The van der Waals surface area contributed by atoms with Crippen LogP contribution in [0, 0.1) is 12.7 Å². The van der Waals surface area contributed by atoms with Crippen LogP contribution in [0.3, 0.4) is 0 Å². The van der Waals surface area contributed by atoms with Gasteiger partial charge in [-0.05, 0) is 61.3 Å². The molecule has 0 aliphatic rings. The van der Waals surface area contributed by atoms with Gasteiger partial charge in [-0.15, -0.1) is 0 Å². The van der Waals surface area contributed by atoms with Crippen molar-refractivity contribution in [1.82, 2.24) is 0 Å². The molecule has 0 aliphatic heterocycles. The Morgan fingerprint density at radius 1 is 1.32 bits per heavy atom. The van der Waals surface area contributed by atoms with Crippen molar-refractivity contribution in [2.45, 2.75) is 32.4 Å². The maximum Gasteiger partial charge on any atom is 0.156 e. The second-order valence-electron chi connectivity index (χ2n) is 5.44. The van der Waals surface area contributed by atoms with Gasteiger partial charge < -0.3 is 5.32 Å². The molecule has 0 amide bonds. The van der Waals surface area contributed by atoms with Crippen LogP contribution in [0.5, 0.6) is 0 Å². The van der Waals surface area contributed by atoms with Crippen molar-refractivity contribution in [1.29, 1.82) is 0 Å². The van der Waals surface area contributed by atoms with Crippen LogP contribution in [0.4, 0.5) is 10.1 Å². The van der Waals surface area contributed by atoms with Crippen molar-refractivity contribution in [3.05, 3.63) is 28.0 Å². The quantitative estimate of drug-likeness (QED) is 0.902. The third kappa shape index (κ3) is 4.18. The summed E-state index contributed by atoms with van der Waals surface area (Å²) in [7, 11) is -3.16. The summed E-state index contributed by atoms with van der Waals surface area (Å²) in [6, 6.07) is 3.03. The van der Waals surface area contributed by atoms with E-state index in [-0.39, 0.29) is 18.1 Å². The summed E-state index contributed by atoms with van der Waals surface area (Å²) in [4.78, 5) is 0. The fourth-order valence-corrected chi connectivity index (χ4v) is 2.90. The lowest BCUT2D eigenvalue weighted by atomic mass is 10.2. The lowest BCUT2D eigenvalue weighted by Gasteiger charge is -2.19. The molecule has 1 N–H and O–H groups in total. The van der Waals surface area contributed by atoms with E-state index in [4.69, 9.17) is 0 Å². The van der Waals surface area contributed by atoms with Crippen molar-refractivity contribution in [2.75, 3.05) is 17.6 Å². The molecule has 0 radical (unpaired) electrons. The number of halogens is 2. The zero-order valence-corrected chi connectivity index (χ0v) is 14.0. The van der Waals surface area contributed by atoms with E-state index < -0.39 is 14.6 Å². The van der Waals surface area contributed by atoms with Crippen molar-refractivity contribution in [3.8, 4) is 0 Å². The molecule has 6 heteroatoms. The molecule has 1 aromatic carbocycles. The normalized spacial score (nSPS) is 12.5. The predicted molar refractivity (Wildman–Crippen MR) is 80.9 cm³/mol. The molecule has 0 aromatic heterocycles. The Morgan fingerprint density at radius 3 is 2.42 bits per heavy atom. The Kier molecular flexibility index (Phi) is 5.01. The molecule has 1 rings (SSSR count). The minimum atomic E-state index is -3.16. The molecule has 0 unspecified atom stereocenters. The fourth-order valence-electron chi connectivity index (χ4n) is 1.46. The van der Waals surface area contributed by atoms with Gasteiger partial charge in [-0.2, -0.15) is 0 Å². The van der Waals surface area contributed by atoms with Crippen LogP contribution in [-0.2, 0) is 9.84 Å². The summed E-state index contributed by atoms with van der Waals surface area (Å²) in [5.41, 5.74) is 1.48. The van der Waals surface area contributed by atoms with E-state index in [1.165, 1.54) is 6.07 Å². The van der Waals surface area contributed by atoms with Crippen LogP contribution in [0.15, 0.2) is 16.6 Å². The van der Waals surface area contributed by atoms with Gasteiger partial charge in [0.2, 0.25) is 0 Å². The maximum absolute atomic E-state index is 13.4. The number of rotatable bonds is 4. The number of benzene rings is 1. The minimum Gasteiger partial charge on any atom is -0.384 e. The number of hydrogen-bond acceptors (Lipinski definition) is 3. The van der Waals surface area contributed by atoms with Crippen molar-refractivity contribution >= 4 is 31.5 Å². The van der Waals surface area contributed by atoms with Gasteiger partial charge in [-0.1, -0.05) is 0 Å². The van der Waals surface area contributed by atoms with Gasteiger partial charge in [-0.3, -0.25) is 0 Å². The predicted octanol–water partition coefficient (Wildman–Crippen LogP) is 3.52. The lowest BCUT2D eigenvalue weighted by Crippen LogP contribution is -2.32. The van der Waals surface area contributed by atoms with E-state index in [1.54, 1.807) is 26.8 Å². The number of aryl methyl sites for hydroxylation is 1. The van der Waals surface area contributed by atoms with E-state index in [2.05, 4.69) is 21.2 Å². The van der Waals surface area contributed by atoms with E-state index in [1.807, 2.05) is 6.92 Å². The highest BCUT2D eigenvalue weighted by atomic mass is 79.9. The second kappa shape index (κ2) is 5.79. The number of nitrogens with one attached hydrogen (secondary N) is 1. The van der Waals surface area contributed by atoms with E-state index in [0.29, 0.717) is 10.2 Å². The standard InChI is InChI=1S/C13H19BrFNO2S/c1-9-7-10(14)11(15)8-12(9)16-5-6-19(17,18)13(2,3)4/h7-8,16H,5-6H2,1-4H3. The third-order valence-electron chi connectivity index (χ3n) is 2.89. The van der Waals surface area contributed by atoms with Gasteiger partial charge >= 0.3 is 0 Å². The number of sulfone groups is 1. The first kappa shape index (κ1) is 16.4. The zero-order chi connectivity index (χ0) is 14.8. The zero-order valence-electron chi connectivity index (χ0n) is 11.5. The van der Waals surface area contributed by atoms with Gasteiger partial charge in [0.05, 0.1) is 15.0 Å². The monoisotopic (exact) mass is 351 g/mol. The van der Waals surface area contributed by atoms with Crippen LogP contribution in [0.2, 0.25) is 0 Å². The lowest BCUT2D eigenvalue weighted by molar-refractivity contribution is 0.560. The Hall–Kier alpha value is -0.620. The van der Waals surface area contributed by atoms with Crippen LogP contribution in [0.1, 0.15) is 26.3 Å². The molecular formula is C13H19BrFNO2S. The van der Waals surface area contributed by atoms with Gasteiger partial charge in [-0.25, -0.2) is 12.8 Å². The van der Waals surface area contributed by atoms with Crippen molar-refractivity contribution in [3.63, 3.8) is 0 Å². The average Bonchev–Trinajstić information content (AvgIpc) is 2.23. The molecule has 0 bridgehead atoms. The Bertz CT molecular complexity index is 565. The Morgan fingerprint density at radius 2 is 1.89 bits per heavy atom. The average molecular weight is 352 g/mol. The summed E-state index contributed by atoms with van der Waals surface area (Å²) in [6.45, 7) is 7.12. The first-order chi connectivity index (χ1) is 8.54. The summed E-state index contributed by atoms with van der Waals surface area (Å²) in [5.74, 6) is -0.347. The van der Waals surface area contributed by atoms with E-state index >= 15 is 0 Å². The molecule has 0 aliphatic carbocycles. The van der Waals surface area contributed by atoms with Crippen LogP contribution in [-0.4, -0.2) is 25.5 Å². The Labute approximate surface area is 122 Å². The summed E-state index contributed by atoms with van der Waals surface area (Å²) in [6.07, 6.45) is 0. The molecular weight excluding hydrogens is 333 g/mol. The van der Waals surface area contributed by atoms with E-state index in [9.17, 15) is 12.8 Å². The van der Waals surface area contributed by atoms with Gasteiger partial charge in [0.1, 0.15) is 5.82 Å². The van der Waals surface area contributed by atoms with Crippen molar-refractivity contribution < 1.29 is 12.8 Å². The molecule has 0 spiro atoms. The SMILES string of the molecule is Cc1cc(Br)c(F)cc1NCCS(=O)(=O)C(C)(C)C. The number of hydrogen-bond donors (Lipinski definition) is 1. The van der Waals surface area contributed by atoms with Gasteiger partial charge in [0.15, 0.2) is 9.84 Å². The maximum atomic E-state index is 13.4. The first-order valence-electron chi connectivity index (χ1n) is 5.96. The third-order valence-corrected chi connectivity index (χ3v) is 6.10. The van der Waals surface area contributed by atoms with Crippen molar-refractivity contribution in [2.24, 2.45) is 0 Å². The largest absolute Gasteiger partial charge is 0.384 e.